The Morgan fingerprint density at radius 3 is 2.46 bits per heavy atom. The van der Waals surface area contributed by atoms with Gasteiger partial charge >= 0.3 is 0 Å². The van der Waals surface area contributed by atoms with Gasteiger partial charge in [-0.05, 0) is 18.6 Å². The minimum absolute atomic E-state index is 0.0810. The lowest BCUT2D eigenvalue weighted by molar-refractivity contribution is -0.109. The molecule has 4 atom stereocenters. The molecule has 2 aromatic rings. The molecule has 0 aromatic carbocycles. The number of carbonyl (C=O) groups excluding carboxylic acids is 2. The highest BCUT2D eigenvalue weighted by atomic mass is 35.5. The van der Waals surface area contributed by atoms with Crippen LogP contribution in [0.15, 0.2) is 24.5 Å². The van der Waals surface area contributed by atoms with Gasteiger partial charge in [-0.1, -0.05) is 25.4 Å². The Balaban J connectivity index is 1.14. The summed E-state index contributed by atoms with van der Waals surface area (Å²) in [5, 5.41) is 3.71. The third kappa shape index (κ3) is 4.45. The molecular formula is C26H32ClN7O3. The van der Waals surface area contributed by atoms with E-state index in [2.05, 4.69) is 38.9 Å². The second-order valence-electron chi connectivity index (χ2n) is 11.3. The molecule has 2 aromatic heterocycles. The molecule has 196 valence electrons. The third-order valence-electron chi connectivity index (χ3n) is 8.65. The number of ether oxygens (including phenoxy) is 1. The van der Waals surface area contributed by atoms with Gasteiger partial charge in [-0.3, -0.25) is 9.69 Å². The molecule has 0 bridgehead atoms. The zero-order chi connectivity index (χ0) is 25.8. The Bertz CT molecular complexity index is 1190. The topological polar surface area (TPSA) is 104 Å². The van der Waals surface area contributed by atoms with E-state index in [1.165, 1.54) is 0 Å². The predicted octanol–water partition coefficient (Wildman–Crippen LogP) is 2.48. The first-order chi connectivity index (χ1) is 17.8. The van der Waals surface area contributed by atoms with Crippen molar-refractivity contribution in [3.63, 3.8) is 0 Å². The van der Waals surface area contributed by atoms with E-state index in [0.717, 1.165) is 38.9 Å². The minimum Gasteiger partial charge on any atom is -0.378 e. The van der Waals surface area contributed by atoms with Gasteiger partial charge in [0.25, 0.3) is 5.91 Å². The van der Waals surface area contributed by atoms with E-state index in [4.69, 9.17) is 21.3 Å². The third-order valence-corrected chi connectivity index (χ3v) is 8.92. The molecule has 4 fully saturated rings. The summed E-state index contributed by atoms with van der Waals surface area (Å²) in [5.41, 5.74) is 1.25. The van der Waals surface area contributed by atoms with E-state index < -0.39 is 0 Å². The zero-order valence-corrected chi connectivity index (χ0v) is 21.9. The fraction of sp³-hybridized carbons (Fsp3) is 0.577. The van der Waals surface area contributed by atoms with Gasteiger partial charge in [0.15, 0.2) is 5.82 Å². The van der Waals surface area contributed by atoms with Gasteiger partial charge < -0.3 is 24.6 Å². The number of hydrogen-bond donors (Lipinski definition) is 1. The van der Waals surface area contributed by atoms with Crippen LogP contribution >= 0.6 is 11.6 Å². The van der Waals surface area contributed by atoms with Crippen LogP contribution in [0.1, 0.15) is 30.8 Å². The molecule has 2 unspecified atom stereocenters. The minimum atomic E-state index is -0.0941. The molecule has 1 aliphatic carbocycles. The van der Waals surface area contributed by atoms with E-state index in [9.17, 15) is 9.59 Å². The maximum Gasteiger partial charge on any atom is 0.272 e. The lowest BCUT2D eigenvalue weighted by Crippen LogP contribution is -2.41. The number of pyridine rings is 1. The number of carbonyl (C=O) groups is 2. The highest BCUT2D eigenvalue weighted by molar-refractivity contribution is 6.32. The van der Waals surface area contributed by atoms with E-state index in [-0.39, 0.29) is 22.7 Å². The van der Waals surface area contributed by atoms with Gasteiger partial charge in [0.1, 0.15) is 17.0 Å². The molecule has 11 heteroatoms. The van der Waals surface area contributed by atoms with Crippen molar-refractivity contribution in [1.29, 1.82) is 0 Å². The van der Waals surface area contributed by atoms with Gasteiger partial charge in [0.2, 0.25) is 5.95 Å². The molecule has 4 aliphatic rings. The monoisotopic (exact) mass is 525 g/mol. The quantitative estimate of drug-likeness (QED) is 0.569. The number of halogens is 1. The normalized spacial score (nSPS) is 31.3. The number of hydrogen-bond acceptors (Lipinski definition) is 9. The van der Waals surface area contributed by atoms with Gasteiger partial charge in [-0.15, -0.1) is 0 Å². The van der Waals surface area contributed by atoms with Crippen LogP contribution in [0.4, 0.5) is 17.5 Å². The smallest absolute Gasteiger partial charge is 0.272 e. The largest absolute Gasteiger partial charge is 0.378 e. The summed E-state index contributed by atoms with van der Waals surface area (Å²) in [6.45, 7) is 10.6. The Morgan fingerprint density at radius 2 is 1.84 bits per heavy atom. The van der Waals surface area contributed by atoms with Gasteiger partial charge in [0, 0.05) is 62.1 Å². The van der Waals surface area contributed by atoms with Crippen LogP contribution in [-0.4, -0.2) is 95.5 Å². The summed E-state index contributed by atoms with van der Waals surface area (Å²) in [7, 11) is 0. The van der Waals surface area contributed by atoms with Gasteiger partial charge in [-0.25, -0.2) is 9.97 Å². The standard InChI is InChI=1S/C26H32ClN7O3/c1-25-13-33(21-9-17(21)12-35)14-26(25,2)16-34(15-25)22-19(27)11-29-24(31-22)30-18-3-4-20(28-10-18)23(36)32-5-7-37-8-6-32/h3-4,10-12,17,21H,5-9,13-16H2,1-2H3,(H,29,30,31)/t17?,21?,25-,26+. The Hall–Kier alpha value is -2.82. The maximum atomic E-state index is 12.6. The van der Waals surface area contributed by atoms with Crippen molar-refractivity contribution in [2.75, 3.05) is 62.7 Å². The Kier molecular flexibility index (Phi) is 6.08. The number of aromatic nitrogens is 3. The number of amides is 1. The van der Waals surface area contributed by atoms with Crippen LogP contribution in [0.5, 0.6) is 0 Å². The molecule has 10 nitrogen and oxygen atoms in total. The second-order valence-corrected chi connectivity index (χ2v) is 11.7. The second kappa shape index (κ2) is 9.18. The number of morpholine rings is 1. The molecule has 5 heterocycles. The fourth-order valence-corrected chi connectivity index (χ4v) is 6.37. The number of anilines is 3. The van der Waals surface area contributed by atoms with Crippen molar-refractivity contribution >= 4 is 41.2 Å². The maximum absolute atomic E-state index is 12.6. The number of rotatable bonds is 6. The average Bonchev–Trinajstić information content (AvgIpc) is 3.58. The van der Waals surface area contributed by atoms with Crippen molar-refractivity contribution in [2.45, 2.75) is 26.3 Å². The zero-order valence-electron chi connectivity index (χ0n) is 21.2. The van der Waals surface area contributed by atoms with E-state index in [1.54, 1.807) is 29.4 Å². The molecule has 0 spiro atoms. The van der Waals surface area contributed by atoms with Crippen LogP contribution in [-0.2, 0) is 9.53 Å². The van der Waals surface area contributed by atoms with Crippen molar-refractivity contribution in [2.24, 2.45) is 16.7 Å². The molecule has 6 rings (SSSR count). The van der Waals surface area contributed by atoms with Crippen LogP contribution in [0.2, 0.25) is 5.02 Å². The molecule has 1 N–H and O–H groups in total. The molecule has 3 aliphatic heterocycles. The average molecular weight is 526 g/mol. The van der Waals surface area contributed by atoms with Crippen LogP contribution in [0, 0.1) is 16.7 Å². The molecular weight excluding hydrogens is 494 g/mol. The fourth-order valence-electron chi connectivity index (χ4n) is 6.16. The van der Waals surface area contributed by atoms with E-state index >= 15 is 0 Å². The van der Waals surface area contributed by atoms with E-state index in [1.807, 2.05) is 0 Å². The SMILES string of the molecule is C[C@@]12CN(c3nc(Nc4ccc(C(=O)N5CCOCC5)nc4)ncc3Cl)C[C@]1(C)CN(C1CC1C=O)C2. The molecule has 1 saturated carbocycles. The van der Waals surface area contributed by atoms with Crippen LogP contribution in [0.25, 0.3) is 0 Å². The first kappa shape index (κ1) is 24.5. The summed E-state index contributed by atoms with van der Waals surface area (Å²) >= 11 is 6.58. The van der Waals surface area contributed by atoms with Gasteiger partial charge in [0.05, 0.1) is 31.3 Å². The van der Waals surface area contributed by atoms with Crippen molar-refractivity contribution in [3.05, 3.63) is 35.2 Å². The molecule has 1 amide bonds. The Morgan fingerprint density at radius 1 is 1.11 bits per heavy atom. The first-order valence-corrected chi connectivity index (χ1v) is 13.2. The van der Waals surface area contributed by atoms with Crippen molar-refractivity contribution in [1.82, 2.24) is 24.8 Å². The lowest BCUT2D eigenvalue weighted by atomic mass is 9.71. The predicted molar refractivity (Wildman–Crippen MR) is 139 cm³/mol. The van der Waals surface area contributed by atoms with Crippen molar-refractivity contribution < 1.29 is 14.3 Å². The summed E-state index contributed by atoms with van der Waals surface area (Å²) < 4.78 is 5.32. The number of fused-ring (bicyclic) bond motifs is 1. The number of nitrogens with one attached hydrogen (secondary N) is 1. The number of aldehydes is 1. The highest BCUT2D eigenvalue weighted by Gasteiger charge is 2.61. The van der Waals surface area contributed by atoms with Gasteiger partial charge in [-0.2, -0.15) is 4.98 Å². The summed E-state index contributed by atoms with van der Waals surface area (Å²) in [6, 6.07) is 3.92. The molecule has 0 radical (unpaired) electrons. The summed E-state index contributed by atoms with van der Waals surface area (Å²) in [6.07, 6.45) is 5.34. The first-order valence-electron chi connectivity index (χ1n) is 12.9. The van der Waals surface area contributed by atoms with Crippen molar-refractivity contribution in [3.8, 4) is 0 Å². The van der Waals surface area contributed by atoms with Crippen LogP contribution in [0.3, 0.4) is 0 Å². The number of likely N-dealkylation sites (tertiary alicyclic amines) is 1. The molecule has 37 heavy (non-hydrogen) atoms. The highest BCUT2D eigenvalue weighted by Crippen LogP contribution is 2.55. The number of nitrogens with zero attached hydrogens (tertiary/aromatic N) is 6. The Labute approximate surface area is 221 Å². The lowest BCUT2D eigenvalue weighted by Gasteiger charge is -2.30. The molecule has 3 saturated heterocycles. The summed E-state index contributed by atoms with van der Waals surface area (Å²) in [5.74, 6) is 1.25. The van der Waals surface area contributed by atoms with E-state index in [0.29, 0.717) is 60.5 Å². The summed E-state index contributed by atoms with van der Waals surface area (Å²) in [4.78, 5) is 43.8. The van der Waals surface area contributed by atoms with Crippen LogP contribution < -0.4 is 10.2 Å².